The first-order chi connectivity index (χ1) is 8.92. The summed E-state index contributed by atoms with van der Waals surface area (Å²) in [6, 6.07) is 2.57. The number of methoxy groups -OCH3 is 1. The number of ether oxygens (including phenoxy) is 1. The number of rotatable bonds is 5. The Morgan fingerprint density at radius 3 is 2.53 bits per heavy atom. The van der Waals surface area contributed by atoms with Crippen molar-refractivity contribution in [3.63, 3.8) is 0 Å². The number of aryl methyl sites for hydroxylation is 1. The minimum Gasteiger partial charge on any atom is -0.480 e. The van der Waals surface area contributed by atoms with Crippen molar-refractivity contribution < 1.29 is 19.4 Å². The second-order valence-corrected chi connectivity index (χ2v) is 4.17. The van der Waals surface area contributed by atoms with Gasteiger partial charge in [0.15, 0.2) is 0 Å². The number of carboxylic acid groups (broad SMARTS) is 1. The SMILES string of the molecule is CCC(C(=O)O)N(C)c1ccc(C(=O)OC)c(C)n1. The molecule has 1 aromatic rings. The molecule has 0 aliphatic heterocycles. The fourth-order valence-electron chi connectivity index (χ4n) is 1.84. The summed E-state index contributed by atoms with van der Waals surface area (Å²) in [5, 5.41) is 9.11. The molecule has 0 bridgehead atoms. The molecule has 6 heteroatoms. The maximum Gasteiger partial charge on any atom is 0.339 e. The standard InChI is InChI=1S/C13H18N2O4/c1-5-10(12(16)17)15(3)11-7-6-9(8(2)14-11)13(18)19-4/h6-7,10H,5H2,1-4H3,(H,16,17). The molecular formula is C13H18N2O4. The number of esters is 1. The molecule has 1 atom stereocenters. The second-order valence-electron chi connectivity index (χ2n) is 4.17. The van der Waals surface area contributed by atoms with Gasteiger partial charge in [-0.3, -0.25) is 0 Å². The molecule has 0 aliphatic rings. The van der Waals surface area contributed by atoms with Crippen molar-refractivity contribution in [1.82, 2.24) is 4.98 Å². The van der Waals surface area contributed by atoms with Crippen LogP contribution >= 0.6 is 0 Å². The van der Waals surface area contributed by atoms with Crippen molar-refractivity contribution in [2.45, 2.75) is 26.3 Å². The van der Waals surface area contributed by atoms with Crippen molar-refractivity contribution in [1.29, 1.82) is 0 Å². The topological polar surface area (TPSA) is 79.7 Å². The zero-order valence-electron chi connectivity index (χ0n) is 11.5. The minimum absolute atomic E-state index is 0.378. The van der Waals surface area contributed by atoms with E-state index < -0.39 is 18.0 Å². The molecule has 19 heavy (non-hydrogen) atoms. The number of aromatic nitrogens is 1. The van der Waals surface area contributed by atoms with Crippen molar-refractivity contribution in [2.24, 2.45) is 0 Å². The third-order valence-corrected chi connectivity index (χ3v) is 2.98. The Morgan fingerprint density at radius 2 is 2.11 bits per heavy atom. The maximum atomic E-state index is 11.4. The molecule has 0 amide bonds. The highest BCUT2D eigenvalue weighted by atomic mass is 16.5. The Morgan fingerprint density at radius 1 is 1.47 bits per heavy atom. The van der Waals surface area contributed by atoms with Crippen LogP contribution in [0, 0.1) is 6.92 Å². The van der Waals surface area contributed by atoms with E-state index in [4.69, 9.17) is 5.11 Å². The van der Waals surface area contributed by atoms with E-state index in [1.807, 2.05) is 0 Å². The summed E-state index contributed by atoms with van der Waals surface area (Å²) < 4.78 is 4.64. The van der Waals surface area contributed by atoms with Crippen LogP contribution in [-0.4, -0.2) is 42.2 Å². The molecular weight excluding hydrogens is 248 g/mol. The van der Waals surface area contributed by atoms with Gasteiger partial charge in [0.2, 0.25) is 0 Å². The van der Waals surface area contributed by atoms with Crippen LogP contribution in [0.3, 0.4) is 0 Å². The first-order valence-corrected chi connectivity index (χ1v) is 5.94. The van der Waals surface area contributed by atoms with Gasteiger partial charge in [0, 0.05) is 7.05 Å². The quantitative estimate of drug-likeness (QED) is 0.813. The van der Waals surface area contributed by atoms with E-state index in [1.54, 1.807) is 37.9 Å². The van der Waals surface area contributed by atoms with E-state index in [-0.39, 0.29) is 0 Å². The van der Waals surface area contributed by atoms with E-state index in [0.29, 0.717) is 23.5 Å². The zero-order valence-corrected chi connectivity index (χ0v) is 11.5. The van der Waals surface area contributed by atoms with Gasteiger partial charge >= 0.3 is 11.9 Å². The molecule has 0 spiro atoms. The lowest BCUT2D eigenvalue weighted by Gasteiger charge is -2.25. The van der Waals surface area contributed by atoms with E-state index in [9.17, 15) is 9.59 Å². The first kappa shape index (κ1) is 14.9. The van der Waals surface area contributed by atoms with Crippen LogP contribution in [0.5, 0.6) is 0 Å². The molecule has 0 saturated carbocycles. The number of nitrogens with zero attached hydrogens (tertiary/aromatic N) is 2. The molecule has 1 rings (SSSR count). The van der Waals surface area contributed by atoms with Gasteiger partial charge in [-0.1, -0.05) is 6.92 Å². The minimum atomic E-state index is -0.901. The number of anilines is 1. The van der Waals surface area contributed by atoms with Crippen LogP contribution in [-0.2, 0) is 9.53 Å². The van der Waals surface area contributed by atoms with Gasteiger partial charge in [-0.25, -0.2) is 14.6 Å². The molecule has 1 unspecified atom stereocenters. The van der Waals surface area contributed by atoms with Gasteiger partial charge < -0.3 is 14.7 Å². The Bertz CT molecular complexity index is 488. The molecule has 0 aliphatic carbocycles. The van der Waals surface area contributed by atoms with Gasteiger partial charge in [0.05, 0.1) is 18.4 Å². The molecule has 1 N–H and O–H groups in total. The highest BCUT2D eigenvalue weighted by Crippen LogP contribution is 2.17. The first-order valence-electron chi connectivity index (χ1n) is 5.94. The van der Waals surface area contributed by atoms with E-state index in [2.05, 4.69) is 9.72 Å². The summed E-state index contributed by atoms with van der Waals surface area (Å²) >= 11 is 0. The Labute approximate surface area is 112 Å². The highest BCUT2D eigenvalue weighted by molar-refractivity contribution is 5.90. The van der Waals surface area contributed by atoms with Crippen molar-refractivity contribution >= 4 is 17.8 Å². The lowest BCUT2D eigenvalue weighted by Crippen LogP contribution is -2.38. The Kier molecular flexibility index (Phi) is 4.86. The summed E-state index contributed by atoms with van der Waals surface area (Å²) in [6.45, 7) is 3.48. The van der Waals surface area contributed by atoms with Crippen molar-refractivity contribution in [3.8, 4) is 0 Å². The van der Waals surface area contributed by atoms with E-state index in [1.165, 1.54) is 7.11 Å². The van der Waals surface area contributed by atoms with Gasteiger partial charge in [0.25, 0.3) is 0 Å². The van der Waals surface area contributed by atoms with Crippen LogP contribution in [0.2, 0.25) is 0 Å². The molecule has 104 valence electrons. The zero-order chi connectivity index (χ0) is 14.6. The van der Waals surface area contributed by atoms with Gasteiger partial charge in [-0.05, 0) is 25.5 Å². The number of aliphatic carboxylic acids is 1. The molecule has 1 aromatic heterocycles. The van der Waals surface area contributed by atoms with Crippen molar-refractivity contribution in [2.75, 3.05) is 19.1 Å². The fourth-order valence-corrected chi connectivity index (χ4v) is 1.84. The molecule has 0 radical (unpaired) electrons. The third kappa shape index (κ3) is 3.21. The lowest BCUT2D eigenvalue weighted by atomic mass is 10.1. The number of carboxylic acids is 1. The predicted molar refractivity (Wildman–Crippen MR) is 70.4 cm³/mol. The number of pyridine rings is 1. The smallest absolute Gasteiger partial charge is 0.339 e. The maximum absolute atomic E-state index is 11.4. The Hall–Kier alpha value is -2.11. The average molecular weight is 266 g/mol. The number of hydrogen-bond donors (Lipinski definition) is 1. The monoisotopic (exact) mass is 266 g/mol. The van der Waals surface area contributed by atoms with E-state index >= 15 is 0 Å². The van der Waals surface area contributed by atoms with E-state index in [0.717, 1.165) is 0 Å². The number of likely N-dealkylation sites (N-methyl/N-ethyl adjacent to an activating group) is 1. The third-order valence-electron chi connectivity index (χ3n) is 2.98. The van der Waals surface area contributed by atoms with Crippen LogP contribution in [0.25, 0.3) is 0 Å². The number of carbonyl (C=O) groups is 2. The van der Waals surface area contributed by atoms with Gasteiger partial charge in [-0.2, -0.15) is 0 Å². The van der Waals surface area contributed by atoms with Gasteiger partial charge in [0.1, 0.15) is 11.9 Å². The van der Waals surface area contributed by atoms with Crippen LogP contribution in [0.4, 0.5) is 5.82 Å². The average Bonchev–Trinajstić information content (AvgIpc) is 2.37. The summed E-state index contributed by atoms with van der Waals surface area (Å²) in [6.07, 6.45) is 0.464. The van der Waals surface area contributed by atoms with Gasteiger partial charge in [-0.15, -0.1) is 0 Å². The molecule has 6 nitrogen and oxygen atoms in total. The molecule has 0 aromatic carbocycles. The fraction of sp³-hybridized carbons (Fsp3) is 0.462. The van der Waals surface area contributed by atoms with Crippen LogP contribution in [0.15, 0.2) is 12.1 Å². The second kappa shape index (κ2) is 6.17. The summed E-state index contributed by atoms with van der Waals surface area (Å²) in [7, 11) is 2.97. The predicted octanol–water partition coefficient (Wildman–Crippen LogP) is 1.48. The summed E-state index contributed by atoms with van der Waals surface area (Å²) in [5.41, 5.74) is 0.888. The normalized spacial score (nSPS) is 11.8. The highest BCUT2D eigenvalue weighted by Gasteiger charge is 2.22. The largest absolute Gasteiger partial charge is 0.480 e. The summed E-state index contributed by atoms with van der Waals surface area (Å²) in [4.78, 5) is 28.4. The molecule has 0 saturated heterocycles. The van der Waals surface area contributed by atoms with Crippen LogP contribution in [0.1, 0.15) is 29.4 Å². The number of carbonyl (C=O) groups excluding carboxylic acids is 1. The van der Waals surface area contributed by atoms with Crippen molar-refractivity contribution in [3.05, 3.63) is 23.4 Å². The Balaban J connectivity index is 3.06. The number of hydrogen-bond acceptors (Lipinski definition) is 5. The van der Waals surface area contributed by atoms with Crippen LogP contribution < -0.4 is 4.90 Å². The summed E-state index contributed by atoms with van der Waals surface area (Å²) in [5.74, 6) is -0.842. The lowest BCUT2D eigenvalue weighted by molar-refractivity contribution is -0.138. The molecule has 0 fully saturated rings. The molecule has 1 heterocycles.